The Labute approximate surface area is 135 Å². The highest BCUT2D eigenvalue weighted by molar-refractivity contribution is 7.89. The molecule has 7 nitrogen and oxygen atoms in total. The highest BCUT2D eigenvalue weighted by atomic mass is 32.2. The fourth-order valence-electron chi connectivity index (χ4n) is 2.38. The lowest BCUT2D eigenvalue weighted by molar-refractivity contribution is -0.140. The van der Waals surface area contributed by atoms with Crippen molar-refractivity contribution in [2.75, 3.05) is 20.8 Å². The van der Waals surface area contributed by atoms with Gasteiger partial charge in [0.2, 0.25) is 10.0 Å². The van der Waals surface area contributed by atoms with Crippen LogP contribution in [0.1, 0.15) is 35.2 Å². The predicted molar refractivity (Wildman–Crippen MR) is 82.1 cm³/mol. The first-order valence-electron chi connectivity index (χ1n) is 7.22. The van der Waals surface area contributed by atoms with Crippen LogP contribution in [0.3, 0.4) is 0 Å². The largest absolute Gasteiger partial charge is 0.492 e. The molecule has 126 valence electrons. The number of rotatable bonds is 7. The van der Waals surface area contributed by atoms with Crippen LogP contribution in [0.25, 0.3) is 0 Å². The molecule has 1 aliphatic rings. The van der Waals surface area contributed by atoms with Gasteiger partial charge in [-0.3, -0.25) is 9.59 Å². The third-order valence-corrected chi connectivity index (χ3v) is 5.06. The Morgan fingerprint density at radius 1 is 1.30 bits per heavy atom. The first kappa shape index (κ1) is 17.4. The standard InChI is InChI=1S/C15H19NO6S/c1-16-23(19,20)13-9-11(8-10-6-7-22-15(10)13)12(17)4-3-5-14(18)21-2/h8-9,16H,3-7H2,1-2H3. The molecule has 0 aromatic heterocycles. The Kier molecular flexibility index (Phi) is 5.38. The molecular formula is C15H19NO6S. The van der Waals surface area contributed by atoms with Crippen LogP contribution in [0, 0.1) is 0 Å². The second-order valence-electron chi connectivity index (χ2n) is 5.12. The molecule has 1 heterocycles. The number of nitrogens with one attached hydrogen (secondary N) is 1. The molecule has 1 aromatic rings. The van der Waals surface area contributed by atoms with Crippen molar-refractivity contribution >= 4 is 21.8 Å². The van der Waals surface area contributed by atoms with E-state index in [1.807, 2.05) is 0 Å². The van der Waals surface area contributed by atoms with Crippen LogP contribution in [0.15, 0.2) is 17.0 Å². The molecule has 0 amide bonds. The Bertz CT molecular complexity index is 726. The van der Waals surface area contributed by atoms with Gasteiger partial charge in [0.1, 0.15) is 10.6 Å². The zero-order chi connectivity index (χ0) is 17.0. The summed E-state index contributed by atoms with van der Waals surface area (Å²) in [6.45, 7) is 0.390. The van der Waals surface area contributed by atoms with Crippen LogP contribution in [0.5, 0.6) is 5.75 Å². The van der Waals surface area contributed by atoms with Crippen LogP contribution in [0.2, 0.25) is 0 Å². The van der Waals surface area contributed by atoms with E-state index in [-0.39, 0.29) is 29.5 Å². The second-order valence-corrected chi connectivity index (χ2v) is 6.98. The van der Waals surface area contributed by atoms with E-state index in [4.69, 9.17) is 4.74 Å². The van der Waals surface area contributed by atoms with E-state index in [0.29, 0.717) is 36.3 Å². The first-order valence-corrected chi connectivity index (χ1v) is 8.70. The number of benzene rings is 1. The minimum absolute atomic E-state index is 0.0219. The lowest BCUT2D eigenvalue weighted by Crippen LogP contribution is -2.20. The van der Waals surface area contributed by atoms with Crippen LogP contribution in [-0.2, 0) is 26.0 Å². The molecule has 0 saturated heterocycles. The minimum atomic E-state index is -3.72. The van der Waals surface area contributed by atoms with Crippen molar-refractivity contribution in [2.45, 2.75) is 30.6 Å². The SMILES string of the molecule is CNS(=O)(=O)c1cc(C(=O)CCCC(=O)OC)cc2c1OCC2. The summed E-state index contributed by atoms with van der Waals surface area (Å²) in [5, 5.41) is 0. The van der Waals surface area contributed by atoms with E-state index in [2.05, 4.69) is 9.46 Å². The molecule has 2 rings (SSSR count). The Balaban J connectivity index is 2.25. The maximum absolute atomic E-state index is 12.3. The van der Waals surface area contributed by atoms with Gasteiger partial charge in [-0.15, -0.1) is 0 Å². The van der Waals surface area contributed by atoms with Gasteiger partial charge in [-0.25, -0.2) is 13.1 Å². The molecule has 0 atom stereocenters. The van der Waals surface area contributed by atoms with E-state index < -0.39 is 10.0 Å². The van der Waals surface area contributed by atoms with Gasteiger partial charge in [0.25, 0.3) is 0 Å². The number of hydrogen-bond donors (Lipinski definition) is 1. The van der Waals surface area contributed by atoms with Crippen molar-refractivity contribution in [1.82, 2.24) is 4.72 Å². The van der Waals surface area contributed by atoms with E-state index in [9.17, 15) is 18.0 Å². The highest BCUT2D eigenvalue weighted by Gasteiger charge is 2.26. The average molecular weight is 341 g/mol. The minimum Gasteiger partial charge on any atom is -0.492 e. The number of fused-ring (bicyclic) bond motifs is 1. The Hall–Kier alpha value is -1.93. The lowest BCUT2D eigenvalue weighted by Gasteiger charge is -2.11. The number of Topliss-reactive ketones (excluding diaryl/α,β-unsaturated/α-hetero) is 1. The fraction of sp³-hybridized carbons (Fsp3) is 0.467. The summed E-state index contributed by atoms with van der Waals surface area (Å²) in [4.78, 5) is 23.3. The van der Waals surface area contributed by atoms with Crippen molar-refractivity contribution in [3.05, 3.63) is 23.3 Å². The van der Waals surface area contributed by atoms with E-state index in [0.717, 1.165) is 0 Å². The summed E-state index contributed by atoms with van der Waals surface area (Å²) in [5.41, 5.74) is 1.02. The molecule has 0 radical (unpaired) electrons. The van der Waals surface area contributed by atoms with Gasteiger partial charge in [0.15, 0.2) is 5.78 Å². The Morgan fingerprint density at radius 3 is 2.70 bits per heavy atom. The maximum Gasteiger partial charge on any atom is 0.305 e. The average Bonchev–Trinajstić information content (AvgIpc) is 3.01. The Morgan fingerprint density at radius 2 is 2.04 bits per heavy atom. The topological polar surface area (TPSA) is 98.8 Å². The van der Waals surface area contributed by atoms with E-state index >= 15 is 0 Å². The van der Waals surface area contributed by atoms with Gasteiger partial charge < -0.3 is 9.47 Å². The number of hydrogen-bond acceptors (Lipinski definition) is 6. The molecule has 23 heavy (non-hydrogen) atoms. The molecule has 1 aromatic carbocycles. The zero-order valence-corrected chi connectivity index (χ0v) is 13.9. The smallest absolute Gasteiger partial charge is 0.305 e. The molecule has 0 bridgehead atoms. The molecule has 8 heteroatoms. The van der Waals surface area contributed by atoms with Gasteiger partial charge in [-0.05, 0) is 31.2 Å². The molecule has 0 unspecified atom stereocenters. The summed E-state index contributed by atoms with van der Waals surface area (Å²) in [6.07, 6.45) is 1.21. The summed E-state index contributed by atoms with van der Waals surface area (Å²) in [6, 6.07) is 2.99. The number of sulfonamides is 1. The normalized spacial score (nSPS) is 13.3. The van der Waals surface area contributed by atoms with Crippen LogP contribution in [0.4, 0.5) is 0 Å². The van der Waals surface area contributed by atoms with Crippen molar-refractivity contribution in [3.8, 4) is 5.75 Å². The predicted octanol–water partition coefficient (Wildman–Crippen LogP) is 1.06. The maximum atomic E-state index is 12.3. The third-order valence-electron chi connectivity index (χ3n) is 3.64. The van der Waals surface area contributed by atoms with Crippen LogP contribution >= 0.6 is 0 Å². The van der Waals surface area contributed by atoms with Crippen molar-refractivity contribution in [3.63, 3.8) is 0 Å². The molecule has 0 aliphatic carbocycles. The quantitative estimate of drug-likeness (QED) is 0.588. The van der Waals surface area contributed by atoms with Gasteiger partial charge >= 0.3 is 5.97 Å². The second kappa shape index (κ2) is 7.10. The fourth-order valence-corrected chi connectivity index (χ4v) is 3.32. The molecule has 1 N–H and O–H groups in total. The summed E-state index contributed by atoms with van der Waals surface area (Å²) < 4.78 is 36.4. The lowest BCUT2D eigenvalue weighted by atomic mass is 10.0. The first-order chi connectivity index (χ1) is 10.9. The number of ketones is 1. The molecule has 0 fully saturated rings. The molecule has 1 aliphatic heterocycles. The molecule has 0 spiro atoms. The van der Waals surface area contributed by atoms with Crippen LogP contribution in [-0.4, -0.2) is 40.9 Å². The van der Waals surface area contributed by atoms with Gasteiger partial charge in [0, 0.05) is 24.8 Å². The summed E-state index contributed by atoms with van der Waals surface area (Å²) >= 11 is 0. The third kappa shape index (κ3) is 3.89. The number of esters is 1. The number of carbonyl (C=O) groups is 2. The molecule has 0 saturated carbocycles. The van der Waals surface area contributed by atoms with E-state index in [1.54, 1.807) is 6.07 Å². The van der Waals surface area contributed by atoms with Crippen molar-refractivity contribution < 1.29 is 27.5 Å². The van der Waals surface area contributed by atoms with Crippen molar-refractivity contribution in [1.29, 1.82) is 0 Å². The van der Waals surface area contributed by atoms with Crippen molar-refractivity contribution in [2.24, 2.45) is 0 Å². The number of methoxy groups -OCH3 is 1. The van der Waals surface area contributed by atoms with Crippen LogP contribution < -0.4 is 9.46 Å². The summed E-state index contributed by atoms with van der Waals surface area (Å²) in [7, 11) is -1.12. The van der Waals surface area contributed by atoms with Gasteiger partial charge in [-0.1, -0.05) is 0 Å². The molecular weight excluding hydrogens is 322 g/mol. The summed E-state index contributed by atoms with van der Waals surface area (Å²) in [5.74, 6) is -0.278. The van der Waals surface area contributed by atoms with Gasteiger partial charge in [0.05, 0.1) is 13.7 Å². The monoisotopic (exact) mass is 341 g/mol. The highest BCUT2D eigenvalue weighted by Crippen LogP contribution is 2.34. The number of carbonyl (C=O) groups excluding carboxylic acids is 2. The van der Waals surface area contributed by atoms with Gasteiger partial charge in [-0.2, -0.15) is 0 Å². The number of ether oxygens (including phenoxy) is 2. The van der Waals surface area contributed by atoms with E-state index in [1.165, 1.54) is 20.2 Å². The zero-order valence-electron chi connectivity index (χ0n) is 13.0.